The number of rotatable bonds is 5. The van der Waals surface area contributed by atoms with Crippen LogP contribution in [0.2, 0.25) is 0 Å². The van der Waals surface area contributed by atoms with Gasteiger partial charge in [-0.15, -0.1) is 0 Å². The Bertz CT molecular complexity index is 879. The Morgan fingerprint density at radius 2 is 1.70 bits per heavy atom. The summed E-state index contributed by atoms with van der Waals surface area (Å²) in [6, 6.07) is 10.7. The summed E-state index contributed by atoms with van der Waals surface area (Å²) in [7, 11) is 0. The van der Waals surface area contributed by atoms with Crippen LogP contribution >= 0.6 is 0 Å². The topological polar surface area (TPSA) is 86.3 Å². The largest absolute Gasteiger partial charge is 0.486 e. The van der Waals surface area contributed by atoms with E-state index in [1.807, 2.05) is 6.07 Å². The fourth-order valence-electron chi connectivity index (χ4n) is 2.83. The predicted molar refractivity (Wildman–Crippen MR) is 97.0 cm³/mol. The van der Waals surface area contributed by atoms with Gasteiger partial charge in [-0.3, -0.25) is 4.79 Å². The Balaban J connectivity index is 1.32. The van der Waals surface area contributed by atoms with Crippen molar-refractivity contribution in [2.75, 3.05) is 26.6 Å². The Kier molecular flexibility index (Phi) is 4.84. The first-order valence-electron chi connectivity index (χ1n) is 8.62. The third-order valence-corrected chi connectivity index (χ3v) is 4.24. The van der Waals surface area contributed by atoms with E-state index < -0.39 is 6.10 Å². The van der Waals surface area contributed by atoms with Crippen molar-refractivity contribution in [2.45, 2.75) is 6.10 Å². The molecule has 1 unspecified atom stereocenters. The smallest absolute Gasteiger partial charge is 0.244 e. The molecule has 7 nitrogen and oxygen atoms in total. The van der Waals surface area contributed by atoms with E-state index in [2.05, 4.69) is 5.32 Å². The van der Waals surface area contributed by atoms with Gasteiger partial charge in [0.25, 0.3) is 0 Å². The van der Waals surface area contributed by atoms with Crippen LogP contribution in [0.5, 0.6) is 23.0 Å². The van der Waals surface area contributed by atoms with Crippen LogP contribution in [0.3, 0.4) is 0 Å². The number of carbonyl (C=O) groups excluding carboxylic acids is 1. The number of nitrogens with one attached hydrogen (secondary N) is 1. The van der Waals surface area contributed by atoms with Crippen LogP contribution in [-0.2, 0) is 4.79 Å². The minimum Gasteiger partial charge on any atom is -0.486 e. The van der Waals surface area contributed by atoms with Crippen molar-refractivity contribution < 1.29 is 28.8 Å². The Hall–Kier alpha value is -3.19. The maximum atomic E-state index is 12.0. The summed E-state index contributed by atoms with van der Waals surface area (Å²) in [6.45, 7) is 1.29. The van der Waals surface area contributed by atoms with E-state index in [9.17, 15) is 9.90 Å². The molecule has 2 aromatic carbocycles. The summed E-state index contributed by atoms with van der Waals surface area (Å²) < 4.78 is 21.5. The van der Waals surface area contributed by atoms with Crippen molar-refractivity contribution in [2.24, 2.45) is 0 Å². The van der Waals surface area contributed by atoms with Crippen LogP contribution < -0.4 is 24.3 Å². The lowest BCUT2D eigenvalue weighted by atomic mass is 10.1. The molecule has 4 rings (SSSR count). The lowest BCUT2D eigenvalue weighted by Crippen LogP contribution is -2.26. The summed E-state index contributed by atoms with van der Waals surface area (Å²) in [4.78, 5) is 12.0. The molecular formula is C20H19NO6. The van der Waals surface area contributed by atoms with Gasteiger partial charge < -0.3 is 29.4 Å². The standard InChI is InChI=1S/C20H19NO6/c22-15(14-3-5-16-19(10-14)25-8-7-24-16)11-21-20(23)6-2-13-1-4-17-18(9-13)27-12-26-17/h1-6,9-10,15,22H,7-8,11-12H2,(H,21,23)/b6-2+. The summed E-state index contributed by atoms with van der Waals surface area (Å²) in [5.41, 5.74) is 1.47. The number of benzene rings is 2. The molecule has 2 heterocycles. The van der Waals surface area contributed by atoms with Gasteiger partial charge in [0.05, 0.1) is 6.10 Å². The number of aliphatic hydroxyl groups excluding tert-OH is 1. The number of hydrogen-bond acceptors (Lipinski definition) is 6. The minimum atomic E-state index is -0.844. The van der Waals surface area contributed by atoms with Crippen molar-refractivity contribution in [3.8, 4) is 23.0 Å². The van der Waals surface area contributed by atoms with Crippen molar-refractivity contribution in [3.05, 3.63) is 53.6 Å². The molecule has 140 valence electrons. The third kappa shape index (κ3) is 3.98. The monoisotopic (exact) mass is 369 g/mol. The van der Waals surface area contributed by atoms with Gasteiger partial charge in [-0.1, -0.05) is 12.1 Å². The molecule has 0 spiro atoms. The molecule has 0 aromatic heterocycles. The summed E-state index contributed by atoms with van der Waals surface area (Å²) in [5, 5.41) is 13.0. The molecule has 1 atom stereocenters. The lowest BCUT2D eigenvalue weighted by molar-refractivity contribution is -0.116. The summed E-state index contributed by atoms with van der Waals surface area (Å²) >= 11 is 0. The molecular weight excluding hydrogens is 350 g/mol. The van der Waals surface area contributed by atoms with E-state index in [0.717, 1.165) is 5.56 Å². The molecule has 0 aliphatic carbocycles. The second-order valence-electron chi connectivity index (χ2n) is 6.11. The maximum Gasteiger partial charge on any atom is 0.244 e. The summed E-state index contributed by atoms with van der Waals surface area (Å²) in [5.74, 6) is 2.31. The molecule has 0 fully saturated rings. The molecule has 0 saturated heterocycles. The van der Waals surface area contributed by atoms with Gasteiger partial charge in [0.2, 0.25) is 12.7 Å². The normalized spacial score (nSPS) is 15.6. The van der Waals surface area contributed by atoms with Crippen LogP contribution in [0.15, 0.2) is 42.5 Å². The fraction of sp³-hybridized carbons (Fsp3) is 0.250. The van der Waals surface area contributed by atoms with Crippen molar-refractivity contribution in [1.29, 1.82) is 0 Å². The van der Waals surface area contributed by atoms with E-state index >= 15 is 0 Å². The van der Waals surface area contributed by atoms with Crippen LogP contribution in [0, 0.1) is 0 Å². The van der Waals surface area contributed by atoms with E-state index in [1.165, 1.54) is 6.08 Å². The number of carbonyl (C=O) groups is 1. The van der Waals surface area contributed by atoms with Crippen molar-refractivity contribution in [3.63, 3.8) is 0 Å². The first kappa shape index (κ1) is 17.2. The number of aliphatic hydroxyl groups is 1. The lowest BCUT2D eigenvalue weighted by Gasteiger charge is -2.20. The van der Waals surface area contributed by atoms with Gasteiger partial charge in [-0.2, -0.15) is 0 Å². The SMILES string of the molecule is O=C(/C=C/c1ccc2c(c1)OCO2)NCC(O)c1ccc2c(c1)OCCO2. The highest BCUT2D eigenvalue weighted by molar-refractivity contribution is 5.91. The zero-order valence-electron chi connectivity index (χ0n) is 14.5. The fourth-order valence-corrected chi connectivity index (χ4v) is 2.83. The molecule has 27 heavy (non-hydrogen) atoms. The third-order valence-electron chi connectivity index (χ3n) is 4.24. The molecule has 1 amide bonds. The first-order valence-corrected chi connectivity index (χ1v) is 8.62. The second kappa shape index (κ2) is 7.59. The second-order valence-corrected chi connectivity index (χ2v) is 6.11. The number of ether oxygens (including phenoxy) is 4. The highest BCUT2D eigenvalue weighted by Gasteiger charge is 2.16. The Labute approximate surface area is 156 Å². The van der Waals surface area contributed by atoms with Gasteiger partial charge in [-0.05, 0) is 41.5 Å². The Morgan fingerprint density at radius 3 is 2.59 bits per heavy atom. The summed E-state index contributed by atoms with van der Waals surface area (Å²) in [6.07, 6.45) is 2.24. The average Bonchev–Trinajstić information content (AvgIpc) is 3.18. The number of amides is 1. The van der Waals surface area contributed by atoms with Crippen LogP contribution in [-0.4, -0.2) is 37.6 Å². The van der Waals surface area contributed by atoms with Gasteiger partial charge in [0.1, 0.15) is 13.2 Å². The quantitative estimate of drug-likeness (QED) is 0.785. The molecule has 2 aliphatic rings. The average molecular weight is 369 g/mol. The maximum absolute atomic E-state index is 12.0. The van der Waals surface area contributed by atoms with Crippen LogP contribution in [0.1, 0.15) is 17.2 Å². The number of fused-ring (bicyclic) bond motifs is 2. The molecule has 2 aliphatic heterocycles. The van der Waals surface area contributed by atoms with E-state index in [0.29, 0.717) is 41.8 Å². The highest BCUT2D eigenvalue weighted by Crippen LogP contribution is 2.33. The zero-order chi connectivity index (χ0) is 18.6. The van der Waals surface area contributed by atoms with Gasteiger partial charge in [0, 0.05) is 12.6 Å². The van der Waals surface area contributed by atoms with Gasteiger partial charge >= 0.3 is 0 Å². The van der Waals surface area contributed by atoms with E-state index in [-0.39, 0.29) is 19.2 Å². The molecule has 2 N–H and O–H groups in total. The van der Waals surface area contributed by atoms with Gasteiger partial charge in [0.15, 0.2) is 23.0 Å². The van der Waals surface area contributed by atoms with Gasteiger partial charge in [-0.25, -0.2) is 0 Å². The highest BCUT2D eigenvalue weighted by atomic mass is 16.7. The Morgan fingerprint density at radius 1 is 1.00 bits per heavy atom. The van der Waals surface area contributed by atoms with Crippen molar-refractivity contribution in [1.82, 2.24) is 5.32 Å². The van der Waals surface area contributed by atoms with E-state index in [4.69, 9.17) is 18.9 Å². The molecule has 2 aromatic rings. The van der Waals surface area contributed by atoms with Crippen LogP contribution in [0.4, 0.5) is 0 Å². The minimum absolute atomic E-state index is 0.0873. The van der Waals surface area contributed by atoms with Crippen molar-refractivity contribution >= 4 is 12.0 Å². The molecule has 7 heteroatoms. The van der Waals surface area contributed by atoms with Crippen LogP contribution in [0.25, 0.3) is 6.08 Å². The predicted octanol–water partition coefficient (Wildman–Crippen LogP) is 2.05. The molecule has 0 bridgehead atoms. The first-order chi connectivity index (χ1) is 13.2. The molecule has 0 radical (unpaired) electrons. The number of hydrogen-bond donors (Lipinski definition) is 2. The zero-order valence-corrected chi connectivity index (χ0v) is 14.5. The van der Waals surface area contributed by atoms with E-state index in [1.54, 1.807) is 36.4 Å². The molecule has 0 saturated carbocycles.